The maximum absolute atomic E-state index is 12.3. The molecule has 1 aromatic carbocycles. The quantitative estimate of drug-likeness (QED) is 0.220. The van der Waals surface area contributed by atoms with Crippen molar-refractivity contribution in [3.8, 4) is 11.5 Å². The molecule has 0 aliphatic carbocycles. The van der Waals surface area contributed by atoms with Gasteiger partial charge in [0.25, 0.3) is 0 Å². The first-order valence-electron chi connectivity index (χ1n) is 10.2. The second kappa shape index (κ2) is 13.5. The first kappa shape index (κ1) is 26.3. The number of halogens is 1. The number of carbonyl (C=O) groups excluding carboxylic acids is 1. The Kier molecular flexibility index (Phi) is 11.9. The number of likely N-dealkylation sites (tertiary alicyclic amines) is 1. The third-order valence-corrected chi connectivity index (χ3v) is 4.95. The van der Waals surface area contributed by atoms with E-state index in [1.54, 1.807) is 19.1 Å². The zero-order valence-corrected chi connectivity index (χ0v) is 21.1. The van der Waals surface area contributed by atoms with Crippen LogP contribution in [0.5, 0.6) is 11.5 Å². The molecule has 1 saturated heterocycles. The molecule has 1 heterocycles. The van der Waals surface area contributed by atoms with Crippen molar-refractivity contribution in [3.63, 3.8) is 0 Å². The second-order valence-electron chi connectivity index (χ2n) is 7.20. The standard InChI is InChI=1S/C21H35N5O3.HI/c1-6-29-19-15-16(10-11-18(19)28-5)24-21(22-2)23-12-8-14-26-13-7-9-17(26)20(27)25(3)4;/h10-11,15,17H,6-9,12-14H2,1-5H3,(H2,22,23,24);1H. The molecule has 0 saturated carbocycles. The number of hydrogen-bond acceptors (Lipinski definition) is 5. The summed E-state index contributed by atoms with van der Waals surface area (Å²) < 4.78 is 10.9. The molecule has 1 aliphatic heterocycles. The van der Waals surface area contributed by atoms with Crippen molar-refractivity contribution in [2.24, 2.45) is 4.99 Å². The van der Waals surface area contributed by atoms with Crippen LogP contribution in [0.25, 0.3) is 0 Å². The van der Waals surface area contributed by atoms with Gasteiger partial charge in [-0.15, -0.1) is 24.0 Å². The van der Waals surface area contributed by atoms with Crippen LogP contribution < -0.4 is 20.1 Å². The number of nitrogens with one attached hydrogen (secondary N) is 2. The Labute approximate surface area is 197 Å². The van der Waals surface area contributed by atoms with Crippen LogP contribution in [-0.4, -0.2) is 82.2 Å². The van der Waals surface area contributed by atoms with Crippen LogP contribution in [0.2, 0.25) is 0 Å². The Morgan fingerprint density at radius 2 is 2.10 bits per heavy atom. The molecule has 170 valence electrons. The van der Waals surface area contributed by atoms with Gasteiger partial charge in [-0.25, -0.2) is 0 Å². The molecule has 0 aromatic heterocycles. The molecule has 1 aliphatic rings. The van der Waals surface area contributed by atoms with E-state index in [1.165, 1.54) is 0 Å². The van der Waals surface area contributed by atoms with Gasteiger partial charge in [0.2, 0.25) is 5.91 Å². The lowest BCUT2D eigenvalue weighted by molar-refractivity contribution is -0.133. The molecule has 0 bridgehead atoms. The van der Waals surface area contributed by atoms with E-state index in [2.05, 4.69) is 20.5 Å². The molecule has 1 aromatic rings. The topological polar surface area (TPSA) is 78.4 Å². The van der Waals surface area contributed by atoms with Crippen LogP contribution in [-0.2, 0) is 4.79 Å². The number of amides is 1. The van der Waals surface area contributed by atoms with Crippen LogP contribution in [0.15, 0.2) is 23.2 Å². The number of nitrogens with zero attached hydrogens (tertiary/aromatic N) is 3. The van der Waals surface area contributed by atoms with Gasteiger partial charge in [-0.05, 0) is 44.9 Å². The second-order valence-corrected chi connectivity index (χ2v) is 7.20. The molecule has 8 nitrogen and oxygen atoms in total. The van der Waals surface area contributed by atoms with Gasteiger partial charge < -0.3 is 25.0 Å². The SMILES string of the molecule is CCOc1cc(NC(=NC)NCCCN2CCCC2C(=O)N(C)C)ccc1OC.I. The van der Waals surface area contributed by atoms with E-state index in [0.717, 1.165) is 44.6 Å². The largest absolute Gasteiger partial charge is 0.493 e. The van der Waals surface area contributed by atoms with Gasteiger partial charge in [0.05, 0.1) is 19.8 Å². The minimum absolute atomic E-state index is 0. The number of ether oxygens (including phenoxy) is 2. The van der Waals surface area contributed by atoms with E-state index in [0.29, 0.717) is 24.1 Å². The van der Waals surface area contributed by atoms with Crippen LogP contribution in [0, 0.1) is 0 Å². The summed E-state index contributed by atoms with van der Waals surface area (Å²) in [7, 11) is 7.02. The van der Waals surface area contributed by atoms with Gasteiger partial charge in [0, 0.05) is 46.0 Å². The Morgan fingerprint density at radius 3 is 2.73 bits per heavy atom. The van der Waals surface area contributed by atoms with Crippen molar-refractivity contribution in [3.05, 3.63) is 18.2 Å². The van der Waals surface area contributed by atoms with Gasteiger partial charge in [0.15, 0.2) is 17.5 Å². The normalized spacial score (nSPS) is 16.6. The average molecular weight is 533 g/mol. The van der Waals surface area contributed by atoms with E-state index in [9.17, 15) is 4.79 Å². The van der Waals surface area contributed by atoms with Gasteiger partial charge in [0.1, 0.15) is 0 Å². The summed E-state index contributed by atoms with van der Waals surface area (Å²) in [5.74, 6) is 2.30. The Bertz CT molecular complexity index is 699. The number of carbonyl (C=O) groups is 1. The number of benzene rings is 1. The smallest absolute Gasteiger partial charge is 0.239 e. The number of anilines is 1. The fourth-order valence-corrected chi connectivity index (χ4v) is 3.50. The minimum Gasteiger partial charge on any atom is -0.493 e. The lowest BCUT2D eigenvalue weighted by Crippen LogP contribution is -2.43. The van der Waals surface area contributed by atoms with E-state index in [4.69, 9.17) is 9.47 Å². The third kappa shape index (κ3) is 7.50. The molecule has 1 amide bonds. The van der Waals surface area contributed by atoms with Crippen LogP contribution in [0.1, 0.15) is 26.2 Å². The van der Waals surface area contributed by atoms with Crippen molar-refractivity contribution < 1.29 is 14.3 Å². The number of likely N-dealkylation sites (N-methyl/N-ethyl adjacent to an activating group) is 1. The van der Waals surface area contributed by atoms with E-state index in [-0.39, 0.29) is 35.9 Å². The lowest BCUT2D eigenvalue weighted by atomic mass is 10.2. The Morgan fingerprint density at radius 1 is 1.33 bits per heavy atom. The molecule has 9 heteroatoms. The third-order valence-electron chi connectivity index (χ3n) is 4.95. The zero-order chi connectivity index (χ0) is 21.2. The molecular formula is C21H36IN5O3. The van der Waals surface area contributed by atoms with Gasteiger partial charge in [-0.2, -0.15) is 0 Å². The van der Waals surface area contributed by atoms with Crippen molar-refractivity contribution in [2.75, 3.05) is 59.8 Å². The summed E-state index contributed by atoms with van der Waals surface area (Å²) in [4.78, 5) is 20.6. The Hall–Kier alpha value is -1.75. The van der Waals surface area contributed by atoms with Crippen molar-refractivity contribution in [1.82, 2.24) is 15.1 Å². The van der Waals surface area contributed by atoms with Crippen molar-refractivity contribution in [2.45, 2.75) is 32.2 Å². The van der Waals surface area contributed by atoms with Gasteiger partial charge in [-0.3, -0.25) is 14.7 Å². The van der Waals surface area contributed by atoms with Crippen LogP contribution >= 0.6 is 24.0 Å². The first-order valence-corrected chi connectivity index (χ1v) is 10.2. The van der Waals surface area contributed by atoms with Crippen LogP contribution in [0.3, 0.4) is 0 Å². The molecule has 1 fully saturated rings. The molecule has 1 unspecified atom stereocenters. The van der Waals surface area contributed by atoms with Crippen molar-refractivity contribution >= 4 is 41.5 Å². The highest BCUT2D eigenvalue weighted by Crippen LogP contribution is 2.30. The van der Waals surface area contributed by atoms with Gasteiger partial charge >= 0.3 is 0 Å². The summed E-state index contributed by atoms with van der Waals surface area (Å²) >= 11 is 0. The van der Waals surface area contributed by atoms with E-state index < -0.39 is 0 Å². The number of guanidine groups is 1. The molecule has 0 spiro atoms. The molecule has 2 rings (SSSR count). The lowest BCUT2D eigenvalue weighted by Gasteiger charge is -2.26. The fourth-order valence-electron chi connectivity index (χ4n) is 3.50. The highest BCUT2D eigenvalue weighted by atomic mass is 127. The highest BCUT2D eigenvalue weighted by molar-refractivity contribution is 14.0. The van der Waals surface area contributed by atoms with Gasteiger partial charge in [-0.1, -0.05) is 0 Å². The minimum atomic E-state index is 0. The van der Waals surface area contributed by atoms with E-state index in [1.807, 2.05) is 39.2 Å². The van der Waals surface area contributed by atoms with Crippen LogP contribution in [0.4, 0.5) is 5.69 Å². The molecule has 2 N–H and O–H groups in total. The molecule has 0 radical (unpaired) electrons. The number of aliphatic imine (C=N–C) groups is 1. The molecule has 30 heavy (non-hydrogen) atoms. The maximum Gasteiger partial charge on any atom is 0.239 e. The maximum atomic E-state index is 12.3. The van der Waals surface area contributed by atoms with Crippen molar-refractivity contribution in [1.29, 1.82) is 0 Å². The number of hydrogen-bond donors (Lipinski definition) is 2. The summed E-state index contributed by atoms with van der Waals surface area (Å²) in [5, 5.41) is 6.61. The van der Waals surface area contributed by atoms with E-state index >= 15 is 0 Å². The summed E-state index contributed by atoms with van der Waals surface area (Å²) in [6, 6.07) is 5.72. The summed E-state index contributed by atoms with van der Waals surface area (Å²) in [5.41, 5.74) is 0.874. The zero-order valence-electron chi connectivity index (χ0n) is 18.7. The highest BCUT2D eigenvalue weighted by Gasteiger charge is 2.30. The molecule has 1 atom stereocenters. The Balaban J connectivity index is 0.00000450. The number of rotatable bonds is 9. The fraction of sp³-hybridized carbons (Fsp3) is 0.619. The first-order chi connectivity index (χ1) is 14.0. The summed E-state index contributed by atoms with van der Waals surface area (Å²) in [6.45, 7) is 5.17. The number of methoxy groups -OCH3 is 1. The average Bonchev–Trinajstić information content (AvgIpc) is 3.18. The molecular weight excluding hydrogens is 497 g/mol. The predicted octanol–water partition coefficient (Wildman–Crippen LogP) is 2.64. The summed E-state index contributed by atoms with van der Waals surface area (Å²) in [6.07, 6.45) is 2.97. The monoisotopic (exact) mass is 533 g/mol. The predicted molar refractivity (Wildman–Crippen MR) is 132 cm³/mol.